The Morgan fingerprint density at radius 2 is 2.20 bits per heavy atom. The number of quaternary nitrogens is 1. The Morgan fingerprint density at radius 1 is 1.40 bits per heavy atom. The normalized spacial score (nSPS) is 17.6. The van der Waals surface area contributed by atoms with Crippen molar-refractivity contribution in [3.8, 4) is 0 Å². The van der Waals surface area contributed by atoms with Gasteiger partial charge in [-0.05, 0) is 12.5 Å². The molecule has 2 N–H and O–H groups in total. The standard InChI is InChI=1S/C15H17N3O2/c1-11-8-14(17-20-11)16-15(19)10-18-7-6-12-4-2-3-5-13(12)9-18/h2-5,8H,6-7,9-10H2,1H3,(H,16,17,19)/p+1. The molecule has 1 aliphatic rings. The third kappa shape index (κ3) is 2.88. The molecule has 2 aromatic rings. The van der Waals surface area contributed by atoms with Crippen molar-refractivity contribution in [1.29, 1.82) is 0 Å². The number of anilines is 1. The fourth-order valence-corrected chi connectivity index (χ4v) is 2.63. The zero-order chi connectivity index (χ0) is 13.9. The summed E-state index contributed by atoms with van der Waals surface area (Å²) in [5.74, 6) is 1.16. The van der Waals surface area contributed by atoms with Gasteiger partial charge in [-0.2, -0.15) is 0 Å². The second-order valence-corrected chi connectivity index (χ2v) is 5.24. The Kier molecular flexibility index (Phi) is 3.52. The van der Waals surface area contributed by atoms with E-state index >= 15 is 0 Å². The molecule has 1 aromatic carbocycles. The lowest BCUT2D eigenvalue weighted by atomic mass is 10.00. The summed E-state index contributed by atoms with van der Waals surface area (Å²) < 4.78 is 4.93. The molecule has 0 radical (unpaired) electrons. The van der Waals surface area contributed by atoms with Crippen LogP contribution in [0.25, 0.3) is 0 Å². The Morgan fingerprint density at radius 3 is 2.95 bits per heavy atom. The summed E-state index contributed by atoms with van der Waals surface area (Å²) in [6.45, 7) is 4.15. The smallest absolute Gasteiger partial charge is 0.280 e. The summed E-state index contributed by atoms with van der Waals surface area (Å²) in [5.41, 5.74) is 2.75. The first-order valence-electron chi connectivity index (χ1n) is 6.84. The van der Waals surface area contributed by atoms with Gasteiger partial charge in [-0.3, -0.25) is 4.79 Å². The van der Waals surface area contributed by atoms with Crippen LogP contribution in [0.15, 0.2) is 34.9 Å². The monoisotopic (exact) mass is 272 g/mol. The molecular weight excluding hydrogens is 254 g/mol. The first-order chi connectivity index (χ1) is 9.70. The molecule has 1 amide bonds. The number of rotatable bonds is 3. The van der Waals surface area contributed by atoms with Crippen molar-refractivity contribution in [3.63, 3.8) is 0 Å². The molecule has 1 aliphatic heterocycles. The number of aryl methyl sites for hydroxylation is 1. The minimum Gasteiger partial charge on any atom is -0.360 e. The zero-order valence-corrected chi connectivity index (χ0v) is 11.5. The Balaban J connectivity index is 1.58. The molecule has 5 heteroatoms. The summed E-state index contributed by atoms with van der Waals surface area (Å²) in [7, 11) is 0. The van der Waals surface area contributed by atoms with Crippen LogP contribution in [0.2, 0.25) is 0 Å². The van der Waals surface area contributed by atoms with Crippen molar-refractivity contribution >= 4 is 11.7 Å². The van der Waals surface area contributed by atoms with Crippen LogP contribution in [0.1, 0.15) is 16.9 Å². The number of hydrogen-bond acceptors (Lipinski definition) is 3. The zero-order valence-electron chi connectivity index (χ0n) is 11.5. The highest BCUT2D eigenvalue weighted by atomic mass is 16.5. The fraction of sp³-hybridized carbons (Fsp3) is 0.333. The molecule has 1 atom stereocenters. The van der Waals surface area contributed by atoms with Crippen LogP contribution >= 0.6 is 0 Å². The molecule has 0 saturated heterocycles. The van der Waals surface area contributed by atoms with Gasteiger partial charge in [0.25, 0.3) is 5.91 Å². The number of hydrogen-bond donors (Lipinski definition) is 2. The number of aromatic nitrogens is 1. The molecule has 0 bridgehead atoms. The van der Waals surface area contributed by atoms with Crippen LogP contribution in [0.5, 0.6) is 0 Å². The predicted molar refractivity (Wildman–Crippen MR) is 74.4 cm³/mol. The summed E-state index contributed by atoms with van der Waals surface area (Å²) in [6.07, 6.45) is 1.03. The van der Waals surface area contributed by atoms with Gasteiger partial charge in [-0.15, -0.1) is 0 Å². The van der Waals surface area contributed by atoms with Crippen LogP contribution in [0.3, 0.4) is 0 Å². The Hall–Kier alpha value is -2.14. The molecule has 3 rings (SSSR count). The highest BCUT2D eigenvalue weighted by molar-refractivity contribution is 5.90. The van der Waals surface area contributed by atoms with Crippen molar-refractivity contribution in [3.05, 3.63) is 47.2 Å². The topological polar surface area (TPSA) is 59.6 Å². The summed E-state index contributed by atoms with van der Waals surface area (Å²) in [6, 6.07) is 10.2. The number of nitrogens with one attached hydrogen (secondary N) is 2. The second-order valence-electron chi connectivity index (χ2n) is 5.24. The molecular formula is C15H18N3O2+. The summed E-state index contributed by atoms with van der Waals surface area (Å²) >= 11 is 0. The number of carbonyl (C=O) groups is 1. The lowest BCUT2D eigenvalue weighted by Crippen LogP contribution is -3.12. The van der Waals surface area contributed by atoms with E-state index in [1.165, 1.54) is 16.0 Å². The molecule has 1 unspecified atom stereocenters. The van der Waals surface area contributed by atoms with Crippen LogP contribution in [-0.2, 0) is 17.8 Å². The van der Waals surface area contributed by atoms with Gasteiger partial charge < -0.3 is 14.7 Å². The largest absolute Gasteiger partial charge is 0.360 e. The molecule has 0 spiro atoms. The molecule has 104 valence electrons. The third-order valence-corrected chi connectivity index (χ3v) is 3.61. The minimum absolute atomic E-state index is 0.0207. The summed E-state index contributed by atoms with van der Waals surface area (Å²) in [4.78, 5) is 13.3. The number of fused-ring (bicyclic) bond motifs is 1. The molecule has 1 aromatic heterocycles. The van der Waals surface area contributed by atoms with E-state index in [1.807, 2.05) is 0 Å². The van der Waals surface area contributed by atoms with Gasteiger partial charge in [0.1, 0.15) is 12.3 Å². The maximum absolute atomic E-state index is 12.0. The molecule has 0 fully saturated rings. The highest BCUT2D eigenvalue weighted by Crippen LogP contribution is 2.10. The molecule has 20 heavy (non-hydrogen) atoms. The first kappa shape index (κ1) is 12.9. The van der Waals surface area contributed by atoms with E-state index in [1.54, 1.807) is 13.0 Å². The number of amides is 1. The van der Waals surface area contributed by atoms with E-state index in [2.05, 4.69) is 34.7 Å². The average Bonchev–Trinajstić information content (AvgIpc) is 2.83. The number of nitrogens with zero attached hydrogens (tertiary/aromatic N) is 1. The van der Waals surface area contributed by atoms with E-state index in [-0.39, 0.29) is 5.91 Å². The van der Waals surface area contributed by atoms with Crippen molar-refractivity contribution in [2.45, 2.75) is 19.9 Å². The van der Waals surface area contributed by atoms with E-state index in [0.717, 1.165) is 19.5 Å². The fourth-order valence-electron chi connectivity index (χ4n) is 2.63. The lowest BCUT2D eigenvalue weighted by molar-refractivity contribution is -0.907. The quantitative estimate of drug-likeness (QED) is 0.858. The van der Waals surface area contributed by atoms with Crippen molar-refractivity contribution in [1.82, 2.24) is 5.16 Å². The average molecular weight is 272 g/mol. The van der Waals surface area contributed by atoms with Gasteiger partial charge in [-0.25, -0.2) is 0 Å². The lowest BCUT2D eigenvalue weighted by Gasteiger charge is -2.25. The van der Waals surface area contributed by atoms with Gasteiger partial charge in [0.15, 0.2) is 12.4 Å². The molecule has 2 heterocycles. The third-order valence-electron chi connectivity index (χ3n) is 3.61. The first-order valence-corrected chi connectivity index (χ1v) is 6.84. The van der Waals surface area contributed by atoms with Crippen LogP contribution in [-0.4, -0.2) is 24.2 Å². The van der Waals surface area contributed by atoms with Crippen molar-refractivity contribution < 1.29 is 14.2 Å². The maximum atomic E-state index is 12.0. The van der Waals surface area contributed by atoms with Gasteiger partial charge in [0.2, 0.25) is 0 Å². The Labute approximate surface area is 117 Å². The molecule has 5 nitrogen and oxygen atoms in total. The second kappa shape index (κ2) is 5.46. The van der Waals surface area contributed by atoms with E-state index in [0.29, 0.717) is 18.1 Å². The number of carbonyl (C=O) groups excluding carboxylic acids is 1. The molecule has 0 aliphatic carbocycles. The van der Waals surface area contributed by atoms with Crippen molar-refractivity contribution in [2.75, 3.05) is 18.4 Å². The van der Waals surface area contributed by atoms with Crippen LogP contribution in [0, 0.1) is 6.92 Å². The van der Waals surface area contributed by atoms with Crippen LogP contribution < -0.4 is 10.2 Å². The van der Waals surface area contributed by atoms with Gasteiger partial charge in [-0.1, -0.05) is 29.4 Å². The minimum atomic E-state index is -0.0207. The van der Waals surface area contributed by atoms with E-state index < -0.39 is 0 Å². The van der Waals surface area contributed by atoms with Gasteiger partial charge in [0.05, 0.1) is 6.54 Å². The number of benzene rings is 1. The van der Waals surface area contributed by atoms with Gasteiger partial charge in [0, 0.05) is 18.1 Å². The molecule has 0 saturated carbocycles. The van der Waals surface area contributed by atoms with E-state index in [9.17, 15) is 4.79 Å². The maximum Gasteiger partial charge on any atom is 0.280 e. The van der Waals surface area contributed by atoms with Crippen LogP contribution in [0.4, 0.5) is 5.82 Å². The highest BCUT2D eigenvalue weighted by Gasteiger charge is 2.21. The van der Waals surface area contributed by atoms with Crippen molar-refractivity contribution in [2.24, 2.45) is 0 Å². The Bertz CT molecular complexity index is 621. The van der Waals surface area contributed by atoms with E-state index in [4.69, 9.17) is 4.52 Å². The van der Waals surface area contributed by atoms with Gasteiger partial charge >= 0.3 is 0 Å². The SMILES string of the molecule is Cc1cc(NC(=O)C[NH+]2CCc3ccccc3C2)no1. The summed E-state index contributed by atoms with van der Waals surface area (Å²) in [5, 5.41) is 6.54. The predicted octanol–water partition coefficient (Wildman–Crippen LogP) is 0.563.